The predicted molar refractivity (Wildman–Crippen MR) is 172 cm³/mol. The van der Waals surface area contributed by atoms with Gasteiger partial charge in [-0.1, -0.05) is 68.4 Å². The van der Waals surface area contributed by atoms with Crippen LogP contribution in [0.25, 0.3) is 32.8 Å². The van der Waals surface area contributed by atoms with E-state index in [-0.39, 0.29) is 0 Å². The number of nitrogens with zero attached hydrogens (tertiary/aromatic N) is 3. The van der Waals surface area contributed by atoms with Crippen molar-refractivity contribution in [2.75, 3.05) is 26.3 Å². The molecule has 43 heavy (non-hydrogen) atoms. The van der Waals surface area contributed by atoms with Crippen LogP contribution in [0.1, 0.15) is 54.1 Å². The van der Waals surface area contributed by atoms with Crippen LogP contribution in [0.2, 0.25) is 0 Å². The van der Waals surface area contributed by atoms with E-state index in [0.29, 0.717) is 44.9 Å². The summed E-state index contributed by atoms with van der Waals surface area (Å²) in [5.41, 5.74) is 6.14. The van der Waals surface area contributed by atoms with Gasteiger partial charge in [0.25, 0.3) is 0 Å². The molecule has 2 aromatic heterocycles. The second-order valence-corrected chi connectivity index (χ2v) is 10.8. The lowest BCUT2D eigenvalue weighted by atomic mass is 9.98. The van der Waals surface area contributed by atoms with Crippen molar-refractivity contribution in [1.29, 1.82) is 0 Å². The molecule has 8 nitrogen and oxygen atoms in total. The first-order chi connectivity index (χ1) is 21.0. The molecule has 0 aliphatic carbocycles. The number of aromatic carboxylic acids is 1. The van der Waals surface area contributed by atoms with E-state index in [4.69, 9.17) is 14.6 Å². The lowest BCUT2D eigenvalue weighted by Crippen LogP contribution is -2.13. The molecule has 0 saturated carbocycles. The summed E-state index contributed by atoms with van der Waals surface area (Å²) in [4.78, 5) is 12.7. The lowest BCUT2D eigenvalue weighted by Gasteiger charge is -2.15. The molecule has 3 aromatic carbocycles. The zero-order valence-corrected chi connectivity index (χ0v) is 25.7. The summed E-state index contributed by atoms with van der Waals surface area (Å²) in [6, 6.07) is 20.4. The van der Waals surface area contributed by atoms with Gasteiger partial charge in [-0.3, -0.25) is 4.68 Å². The smallest absolute Gasteiger partial charge is 0.352 e. The van der Waals surface area contributed by atoms with Gasteiger partial charge >= 0.3 is 5.97 Å². The summed E-state index contributed by atoms with van der Waals surface area (Å²) in [6.45, 7) is 10.5. The highest BCUT2D eigenvalue weighted by Gasteiger charge is 2.27. The summed E-state index contributed by atoms with van der Waals surface area (Å²) in [5.74, 6) is -0.0533. The third-order valence-electron chi connectivity index (χ3n) is 8.05. The van der Waals surface area contributed by atoms with Gasteiger partial charge in [-0.25, -0.2) is 4.79 Å². The number of carboxylic acid groups (broad SMARTS) is 1. The van der Waals surface area contributed by atoms with Gasteiger partial charge in [-0.2, -0.15) is 5.10 Å². The van der Waals surface area contributed by atoms with E-state index in [2.05, 4.69) is 49.5 Å². The number of nitrogens with one attached hydrogen (secondary N) is 1. The molecular weight excluding hydrogens is 540 g/mol. The van der Waals surface area contributed by atoms with Crippen LogP contribution in [-0.2, 0) is 31.4 Å². The third-order valence-corrected chi connectivity index (χ3v) is 8.05. The molecule has 6 rings (SSSR count). The number of aromatic nitrogens is 3. The summed E-state index contributed by atoms with van der Waals surface area (Å²) in [6.07, 6.45) is 2.03. The van der Waals surface area contributed by atoms with Crippen LogP contribution in [0.5, 0.6) is 5.75 Å². The maximum atomic E-state index is 12.7. The van der Waals surface area contributed by atoms with Gasteiger partial charge in [0.1, 0.15) is 11.4 Å². The fourth-order valence-electron chi connectivity index (χ4n) is 6.03. The number of aryl methyl sites for hydroxylation is 3. The number of benzene rings is 3. The van der Waals surface area contributed by atoms with Crippen LogP contribution in [0, 0.1) is 6.92 Å². The summed E-state index contributed by atoms with van der Waals surface area (Å²) < 4.78 is 16.0. The van der Waals surface area contributed by atoms with Gasteiger partial charge in [-0.15, -0.1) is 0 Å². The number of carbonyl (C=O) groups is 1. The van der Waals surface area contributed by atoms with Crippen molar-refractivity contribution in [3.05, 3.63) is 83.3 Å². The van der Waals surface area contributed by atoms with Crippen LogP contribution >= 0.6 is 0 Å². The Balaban J connectivity index is 0.000000682. The van der Waals surface area contributed by atoms with Crippen molar-refractivity contribution in [3.63, 3.8) is 0 Å². The average molecular weight is 583 g/mol. The Labute approximate surface area is 253 Å². The Morgan fingerprint density at radius 1 is 1.05 bits per heavy atom. The number of ether oxygens (including phenoxy) is 2. The first-order valence-corrected chi connectivity index (χ1v) is 15.2. The second kappa shape index (κ2) is 13.9. The highest BCUT2D eigenvalue weighted by atomic mass is 16.5. The molecular formula is C35H42N4O4. The maximum absolute atomic E-state index is 12.7. The third kappa shape index (κ3) is 6.31. The van der Waals surface area contributed by atoms with Gasteiger partial charge in [0.05, 0.1) is 24.4 Å². The fourth-order valence-corrected chi connectivity index (χ4v) is 6.03. The summed E-state index contributed by atoms with van der Waals surface area (Å²) >= 11 is 0. The van der Waals surface area contributed by atoms with Gasteiger partial charge in [0.2, 0.25) is 0 Å². The van der Waals surface area contributed by atoms with Crippen molar-refractivity contribution in [2.45, 2.75) is 53.2 Å². The maximum Gasteiger partial charge on any atom is 0.352 e. The SMILES string of the molecule is CCNCC.Cc1c2c(nn1C)COCCCn1c(C(=O)O)c(CCCOc3cccc4ccccc34)c3cccc-2c31. The Morgan fingerprint density at radius 2 is 1.79 bits per heavy atom. The molecule has 3 heterocycles. The molecule has 0 unspecified atom stereocenters. The van der Waals surface area contributed by atoms with Gasteiger partial charge < -0.3 is 24.5 Å². The van der Waals surface area contributed by atoms with Gasteiger partial charge in [0.15, 0.2) is 0 Å². The number of hydrogen-bond donors (Lipinski definition) is 2. The molecule has 0 fully saturated rings. The normalized spacial score (nSPS) is 12.9. The highest BCUT2D eigenvalue weighted by molar-refractivity contribution is 6.04. The molecule has 8 heteroatoms. The van der Waals surface area contributed by atoms with Crippen molar-refractivity contribution >= 4 is 27.6 Å². The van der Waals surface area contributed by atoms with E-state index in [9.17, 15) is 9.90 Å². The fraction of sp³-hybridized carbons (Fsp3) is 0.371. The van der Waals surface area contributed by atoms with E-state index >= 15 is 0 Å². The Bertz CT molecular complexity index is 1710. The zero-order valence-electron chi connectivity index (χ0n) is 25.7. The van der Waals surface area contributed by atoms with Gasteiger partial charge in [-0.05, 0) is 56.3 Å². The minimum atomic E-state index is -0.904. The van der Waals surface area contributed by atoms with Gasteiger partial charge in [0, 0.05) is 47.8 Å². The molecule has 0 spiro atoms. The molecule has 226 valence electrons. The number of hydrogen-bond acceptors (Lipinski definition) is 5. The number of para-hydroxylation sites is 1. The van der Waals surface area contributed by atoms with E-state index < -0.39 is 5.97 Å². The molecule has 1 aliphatic heterocycles. The summed E-state index contributed by atoms with van der Waals surface area (Å²) in [7, 11) is 1.94. The molecule has 5 aromatic rings. The van der Waals surface area contributed by atoms with Crippen molar-refractivity contribution in [3.8, 4) is 16.9 Å². The van der Waals surface area contributed by atoms with Crippen LogP contribution < -0.4 is 10.1 Å². The zero-order chi connectivity index (χ0) is 30.3. The standard InChI is InChI=1S/C31H31N3O4.C4H11N/c1-20-28-25-13-6-12-23-24(14-7-18-38-27-15-5-10-21-9-3-4-11-22(21)27)30(31(35)36)34(29(23)25)16-8-17-37-19-26(28)32-33(20)2;1-3-5-4-2/h3-6,9-13,15H,7-8,14,16-19H2,1-2H3,(H,35,36);5H,3-4H2,1-2H3. The van der Waals surface area contributed by atoms with Crippen molar-refractivity contribution in [1.82, 2.24) is 19.7 Å². The monoisotopic (exact) mass is 582 g/mol. The minimum absolute atomic E-state index is 0.362. The molecule has 0 atom stereocenters. The molecule has 0 radical (unpaired) electrons. The predicted octanol–water partition coefficient (Wildman–Crippen LogP) is 6.75. The lowest BCUT2D eigenvalue weighted by molar-refractivity contribution is 0.0681. The Hall–Kier alpha value is -4.14. The molecule has 2 N–H and O–H groups in total. The largest absolute Gasteiger partial charge is 0.493 e. The van der Waals surface area contributed by atoms with E-state index in [0.717, 1.165) is 75.0 Å². The molecule has 1 aliphatic rings. The second-order valence-electron chi connectivity index (χ2n) is 10.8. The van der Waals surface area contributed by atoms with E-state index in [1.807, 2.05) is 53.6 Å². The van der Waals surface area contributed by atoms with Crippen LogP contribution in [0.4, 0.5) is 0 Å². The van der Waals surface area contributed by atoms with Crippen molar-refractivity contribution in [2.24, 2.45) is 7.05 Å². The first-order valence-electron chi connectivity index (χ1n) is 15.2. The van der Waals surface area contributed by atoms with E-state index in [1.54, 1.807) is 0 Å². The first kappa shape index (κ1) is 30.3. The summed E-state index contributed by atoms with van der Waals surface area (Å²) in [5, 5.41) is 21.4. The number of fused-ring (bicyclic) bond motifs is 3. The molecule has 0 bridgehead atoms. The quantitative estimate of drug-likeness (QED) is 0.197. The van der Waals surface area contributed by atoms with Crippen molar-refractivity contribution < 1.29 is 19.4 Å². The Morgan fingerprint density at radius 3 is 2.56 bits per heavy atom. The number of rotatable bonds is 8. The Kier molecular flexibility index (Phi) is 9.79. The highest BCUT2D eigenvalue weighted by Crippen LogP contribution is 2.39. The van der Waals surface area contributed by atoms with Crippen LogP contribution in [0.15, 0.2) is 60.7 Å². The average Bonchev–Trinajstić information content (AvgIpc) is 3.48. The van der Waals surface area contributed by atoms with Crippen LogP contribution in [-0.4, -0.2) is 51.7 Å². The number of carboxylic acids is 1. The molecule has 0 amide bonds. The van der Waals surface area contributed by atoms with Crippen LogP contribution in [0.3, 0.4) is 0 Å². The topological polar surface area (TPSA) is 90.5 Å². The minimum Gasteiger partial charge on any atom is -0.493 e. The van der Waals surface area contributed by atoms with E-state index in [1.165, 1.54) is 0 Å². The molecule has 0 saturated heterocycles.